The molecule has 1 saturated carbocycles. The summed E-state index contributed by atoms with van der Waals surface area (Å²) in [5, 5.41) is 9.47. The van der Waals surface area contributed by atoms with Gasteiger partial charge in [-0.1, -0.05) is 6.42 Å². The fourth-order valence-electron chi connectivity index (χ4n) is 3.51. The Hall–Kier alpha value is -1.66. The van der Waals surface area contributed by atoms with Crippen molar-refractivity contribution in [3.63, 3.8) is 0 Å². The van der Waals surface area contributed by atoms with Gasteiger partial charge in [0.25, 0.3) is 5.91 Å². The van der Waals surface area contributed by atoms with Gasteiger partial charge in [0.05, 0.1) is 18.8 Å². The zero-order chi connectivity index (χ0) is 17.3. The zero-order valence-corrected chi connectivity index (χ0v) is 14.2. The molecule has 6 heteroatoms. The third-order valence-corrected chi connectivity index (χ3v) is 5.30. The van der Waals surface area contributed by atoms with Crippen LogP contribution in [0.25, 0.3) is 0 Å². The summed E-state index contributed by atoms with van der Waals surface area (Å²) in [5.74, 6) is 0.000807. The maximum Gasteiger partial charge on any atom is 0.256 e. The van der Waals surface area contributed by atoms with Crippen LogP contribution in [0, 0.1) is 11.7 Å². The van der Waals surface area contributed by atoms with E-state index in [0.717, 1.165) is 19.4 Å². The number of likely N-dealkylation sites (tertiary alicyclic amines) is 1. The number of carbonyl (C=O) groups excluding carboxylic acids is 1. The fourth-order valence-corrected chi connectivity index (χ4v) is 3.51. The van der Waals surface area contributed by atoms with Crippen LogP contribution in [0.1, 0.15) is 29.6 Å². The minimum atomic E-state index is -0.557. The van der Waals surface area contributed by atoms with Gasteiger partial charge in [-0.05, 0) is 30.9 Å². The Bertz CT molecular complexity index is 600. The van der Waals surface area contributed by atoms with Crippen LogP contribution in [0.2, 0.25) is 0 Å². The minimum absolute atomic E-state index is 0.0558. The van der Waals surface area contributed by atoms with Gasteiger partial charge < -0.3 is 14.7 Å². The van der Waals surface area contributed by atoms with Gasteiger partial charge in [0.2, 0.25) is 0 Å². The van der Waals surface area contributed by atoms with Gasteiger partial charge in [-0.3, -0.25) is 9.69 Å². The van der Waals surface area contributed by atoms with Crippen molar-refractivity contribution < 1.29 is 19.0 Å². The number of methoxy groups -OCH3 is 1. The van der Waals surface area contributed by atoms with Crippen LogP contribution in [0.5, 0.6) is 5.75 Å². The lowest BCUT2D eigenvalue weighted by atomic mass is 9.78. The third kappa shape index (κ3) is 3.39. The highest BCUT2D eigenvalue weighted by Crippen LogP contribution is 2.33. The van der Waals surface area contributed by atoms with Gasteiger partial charge in [-0.15, -0.1) is 0 Å². The molecular weight excluding hydrogens is 311 g/mol. The Labute approximate surface area is 142 Å². The van der Waals surface area contributed by atoms with Crippen molar-refractivity contribution in [2.45, 2.75) is 31.4 Å². The molecule has 0 bridgehead atoms. The number of hydrogen-bond acceptors (Lipinski definition) is 4. The summed E-state index contributed by atoms with van der Waals surface area (Å²) in [4.78, 5) is 16.6. The lowest BCUT2D eigenvalue weighted by Gasteiger charge is -2.45. The van der Waals surface area contributed by atoms with E-state index < -0.39 is 5.82 Å². The van der Waals surface area contributed by atoms with E-state index in [1.807, 2.05) is 0 Å². The van der Waals surface area contributed by atoms with Crippen molar-refractivity contribution >= 4 is 5.91 Å². The average Bonchev–Trinajstić information content (AvgIpc) is 2.49. The van der Waals surface area contributed by atoms with Crippen molar-refractivity contribution in [1.82, 2.24) is 9.80 Å². The maximum atomic E-state index is 14.2. The van der Waals surface area contributed by atoms with Crippen molar-refractivity contribution in [3.05, 3.63) is 29.6 Å². The largest absolute Gasteiger partial charge is 0.497 e. The molecule has 24 heavy (non-hydrogen) atoms. The molecule has 1 saturated heterocycles. The van der Waals surface area contributed by atoms with Crippen molar-refractivity contribution in [3.8, 4) is 5.75 Å². The first-order valence-corrected chi connectivity index (χ1v) is 8.50. The van der Waals surface area contributed by atoms with Crippen molar-refractivity contribution in [2.75, 3.05) is 33.8 Å². The van der Waals surface area contributed by atoms with Gasteiger partial charge in [0.1, 0.15) is 11.6 Å². The number of β-amino-alcohol motifs (C(OH)–C–C–N with tert-alkyl or cyclic N) is 1. The van der Waals surface area contributed by atoms with Gasteiger partial charge in [0.15, 0.2) is 0 Å². The van der Waals surface area contributed by atoms with Gasteiger partial charge in [0, 0.05) is 38.8 Å². The number of nitrogens with zero attached hydrogens (tertiary/aromatic N) is 2. The van der Waals surface area contributed by atoms with Crippen LogP contribution in [-0.4, -0.2) is 66.8 Å². The minimum Gasteiger partial charge on any atom is -0.497 e. The van der Waals surface area contributed by atoms with Gasteiger partial charge in [-0.25, -0.2) is 4.39 Å². The number of rotatable bonds is 6. The highest BCUT2D eigenvalue weighted by molar-refractivity contribution is 5.94. The number of aliphatic hydroxyl groups excluding tert-OH is 1. The number of carbonyl (C=O) groups is 1. The van der Waals surface area contributed by atoms with Crippen LogP contribution in [-0.2, 0) is 0 Å². The van der Waals surface area contributed by atoms with E-state index >= 15 is 0 Å². The second-order valence-corrected chi connectivity index (χ2v) is 6.89. The molecule has 0 radical (unpaired) electrons. The van der Waals surface area contributed by atoms with E-state index in [2.05, 4.69) is 4.90 Å². The summed E-state index contributed by atoms with van der Waals surface area (Å²) in [6, 6.07) is 4.39. The van der Waals surface area contributed by atoms with E-state index in [1.54, 1.807) is 18.0 Å². The summed E-state index contributed by atoms with van der Waals surface area (Å²) >= 11 is 0. The number of likely N-dealkylation sites (N-methyl/N-ethyl adjacent to an activating group) is 1. The highest BCUT2D eigenvalue weighted by Gasteiger charge is 2.37. The summed E-state index contributed by atoms with van der Waals surface area (Å²) < 4.78 is 19.2. The van der Waals surface area contributed by atoms with Crippen molar-refractivity contribution in [2.24, 2.45) is 5.92 Å². The third-order valence-electron chi connectivity index (χ3n) is 5.30. The molecule has 1 amide bonds. The summed E-state index contributed by atoms with van der Waals surface area (Å²) in [6.07, 6.45) is 3.13. The number of benzene rings is 1. The molecular formula is C18H25FN2O3. The van der Waals surface area contributed by atoms with Crippen LogP contribution >= 0.6 is 0 Å². The number of amides is 1. The molecule has 1 aliphatic heterocycles. The van der Waals surface area contributed by atoms with E-state index in [0.29, 0.717) is 24.8 Å². The topological polar surface area (TPSA) is 53.0 Å². The predicted octanol–water partition coefficient (Wildman–Crippen LogP) is 1.75. The number of ether oxygens (including phenoxy) is 1. The van der Waals surface area contributed by atoms with E-state index in [9.17, 15) is 14.3 Å². The normalized spacial score (nSPS) is 20.2. The van der Waals surface area contributed by atoms with E-state index in [-0.39, 0.29) is 23.6 Å². The molecule has 1 N–H and O–H groups in total. The predicted molar refractivity (Wildman–Crippen MR) is 88.6 cm³/mol. The first-order valence-electron chi connectivity index (χ1n) is 8.50. The summed E-state index contributed by atoms with van der Waals surface area (Å²) in [6.45, 7) is 2.05. The summed E-state index contributed by atoms with van der Waals surface area (Å²) in [7, 11) is 3.22. The van der Waals surface area contributed by atoms with Crippen molar-refractivity contribution in [1.29, 1.82) is 0 Å². The highest BCUT2D eigenvalue weighted by atomic mass is 19.1. The Morgan fingerprint density at radius 2 is 2.17 bits per heavy atom. The van der Waals surface area contributed by atoms with Crippen LogP contribution in [0.15, 0.2) is 18.2 Å². The molecule has 1 atom stereocenters. The molecule has 2 fully saturated rings. The monoisotopic (exact) mass is 336 g/mol. The molecule has 132 valence electrons. The van der Waals surface area contributed by atoms with E-state index in [4.69, 9.17) is 4.74 Å². The first-order chi connectivity index (χ1) is 11.5. The zero-order valence-electron chi connectivity index (χ0n) is 14.2. The lowest BCUT2D eigenvalue weighted by Crippen LogP contribution is -2.58. The molecule has 2 aliphatic rings. The summed E-state index contributed by atoms with van der Waals surface area (Å²) in [5.41, 5.74) is 0.0752. The molecule has 5 nitrogen and oxygen atoms in total. The van der Waals surface area contributed by atoms with Gasteiger partial charge in [-0.2, -0.15) is 0 Å². The SMILES string of the molecule is COc1ccc(C(=O)N(C)[C@@H](CN2CC(O)C2)C2CCC2)c(F)c1. The second-order valence-electron chi connectivity index (χ2n) is 6.89. The van der Waals surface area contributed by atoms with Crippen LogP contribution < -0.4 is 4.74 Å². The first kappa shape index (κ1) is 17.2. The van der Waals surface area contributed by atoms with E-state index in [1.165, 1.54) is 25.7 Å². The average molecular weight is 336 g/mol. The standard InChI is InChI=1S/C18H25FN2O3/c1-20(18(23)15-7-6-14(24-2)8-16(15)19)17(12-4-3-5-12)11-21-9-13(22)10-21/h6-8,12-13,17,22H,3-5,9-11H2,1-2H3/t17-/m0/s1. The fraction of sp³-hybridized carbons (Fsp3) is 0.611. The molecule has 0 spiro atoms. The molecule has 3 rings (SSSR count). The number of aliphatic hydroxyl groups is 1. The van der Waals surface area contributed by atoms with Crippen LogP contribution in [0.4, 0.5) is 4.39 Å². The molecule has 1 heterocycles. The molecule has 0 unspecified atom stereocenters. The molecule has 1 aromatic rings. The molecule has 0 aromatic heterocycles. The quantitative estimate of drug-likeness (QED) is 0.860. The smallest absolute Gasteiger partial charge is 0.256 e. The lowest BCUT2D eigenvalue weighted by molar-refractivity contribution is -0.0224. The Balaban J connectivity index is 1.73. The van der Waals surface area contributed by atoms with Crippen LogP contribution in [0.3, 0.4) is 0 Å². The maximum absolute atomic E-state index is 14.2. The molecule has 1 aromatic carbocycles. The number of halogens is 1. The Morgan fingerprint density at radius 3 is 2.67 bits per heavy atom. The van der Waals surface area contributed by atoms with Gasteiger partial charge >= 0.3 is 0 Å². The Morgan fingerprint density at radius 1 is 1.46 bits per heavy atom. The Kier molecular flexibility index (Phi) is 5.06. The molecule has 1 aliphatic carbocycles. The number of hydrogen-bond donors (Lipinski definition) is 1. The second kappa shape index (κ2) is 7.07.